The van der Waals surface area contributed by atoms with Gasteiger partial charge in [-0.25, -0.2) is 0 Å². The van der Waals surface area contributed by atoms with Gasteiger partial charge in [-0.15, -0.1) is 0 Å². The summed E-state index contributed by atoms with van der Waals surface area (Å²) in [4.78, 5) is 13.8. The maximum atomic E-state index is 12.2. The molecule has 0 aliphatic heterocycles. The molecule has 1 unspecified atom stereocenters. The molecule has 0 aliphatic rings. The van der Waals surface area contributed by atoms with Gasteiger partial charge in [-0.2, -0.15) is 15.0 Å². The summed E-state index contributed by atoms with van der Waals surface area (Å²) in [5.41, 5.74) is 0.830. The van der Waals surface area contributed by atoms with Gasteiger partial charge in [0.1, 0.15) is 0 Å². The summed E-state index contributed by atoms with van der Waals surface area (Å²) in [6.07, 6.45) is 3.53. The highest BCUT2D eigenvalue weighted by molar-refractivity contribution is 6.31. The van der Waals surface area contributed by atoms with Crippen molar-refractivity contribution in [2.45, 2.75) is 32.9 Å². The molecule has 5 nitrogen and oxygen atoms in total. The third kappa shape index (κ3) is 4.56. The number of benzene rings is 1. The molecular formula is C15H19ClN4O. The molecular weight excluding hydrogens is 288 g/mol. The van der Waals surface area contributed by atoms with Crippen LogP contribution in [-0.2, 0) is 17.8 Å². The Balaban J connectivity index is 1.97. The van der Waals surface area contributed by atoms with E-state index in [0.29, 0.717) is 11.6 Å². The smallest absolute Gasteiger partial charge is 0.224 e. The van der Waals surface area contributed by atoms with Crippen LogP contribution in [-0.4, -0.2) is 26.9 Å². The lowest BCUT2D eigenvalue weighted by molar-refractivity contribution is -0.121. The van der Waals surface area contributed by atoms with E-state index < -0.39 is 0 Å². The number of aromatic nitrogens is 3. The number of hydrogen-bond donors (Lipinski definition) is 1. The zero-order valence-electron chi connectivity index (χ0n) is 12.2. The second-order valence-electron chi connectivity index (χ2n) is 5.27. The van der Waals surface area contributed by atoms with Crippen LogP contribution in [0.2, 0.25) is 5.02 Å². The van der Waals surface area contributed by atoms with Crippen molar-refractivity contribution < 1.29 is 4.79 Å². The topological polar surface area (TPSA) is 59.8 Å². The average molecular weight is 307 g/mol. The van der Waals surface area contributed by atoms with E-state index in [9.17, 15) is 4.79 Å². The number of carbonyl (C=O) groups is 1. The van der Waals surface area contributed by atoms with Gasteiger partial charge in [0.2, 0.25) is 5.91 Å². The number of nitrogens with one attached hydrogen (secondary N) is 1. The molecule has 0 saturated carbocycles. The van der Waals surface area contributed by atoms with E-state index in [1.165, 1.54) is 0 Å². The molecule has 6 heteroatoms. The minimum absolute atomic E-state index is 0.0209. The van der Waals surface area contributed by atoms with Gasteiger partial charge >= 0.3 is 0 Å². The molecule has 0 aliphatic carbocycles. The monoisotopic (exact) mass is 306 g/mol. The summed E-state index contributed by atoms with van der Waals surface area (Å²) in [5, 5.41) is 11.8. The van der Waals surface area contributed by atoms with E-state index in [-0.39, 0.29) is 24.3 Å². The molecule has 1 heterocycles. The first-order chi connectivity index (χ1) is 10.1. The van der Waals surface area contributed by atoms with E-state index in [0.717, 1.165) is 5.56 Å². The molecule has 1 amide bonds. The maximum absolute atomic E-state index is 12.2. The molecule has 0 fully saturated rings. The Bertz CT molecular complexity index is 583. The number of amides is 1. The molecule has 2 rings (SSSR count). The first-order valence-corrected chi connectivity index (χ1v) is 7.31. The van der Waals surface area contributed by atoms with Gasteiger partial charge in [-0.1, -0.05) is 43.6 Å². The molecule has 0 bridgehead atoms. The average Bonchev–Trinajstić information content (AvgIpc) is 2.93. The number of carbonyl (C=O) groups excluding carboxylic acids is 1. The van der Waals surface area contributed by atoms with Crippen LogP contribution in [0.15, 0.2) is 36.7 Å². The summed E-state index contributed by atoms with van der Waals surface area (Å²) < 4.78 is 0. The van der Waals surface area contributed by atoms with Crippen LogP contribution in [0.3, 0.4) is 0 Å². The third-order valence-electron chi connectivity index (χ3n) is 3.29. The van der Waals surface area contributed by atoms with Gasteiger partial charge in [0.15, 0.2) is 0 Å². The minimum atomic E-state index is -0.0473. The third-order valence-corrected chi connectivity index (χ3v) is 3.66. The lowest BCUT2D eigenvalue weighted by atomic mass is 10.0. The molecule has 0 radical (unpaired) electrons. The SMILES string of the molecule is CC(C)C(Cn1nccn1)NC(=O)Cc1ccccc1Cl. The fourth-order valence-corrected chi connectivity index (χ4v) is 2.21. The Kier molecular flexibility index (Phi) is 5.33. The molecule has 2 aromatic rings. The van der Waals surface area contributed by atoms with Crippen molar-refractivity contribution in [3.8, 4) is 0 Å². The zero-order valence-corrected chi connectivity index (χ0v) is 12.9. The zero-order chi connectivity index (χ0) is 15.2. The largest absolute Gasteiger partial charge is 0.351 e. The molecule has 0 spiro atoms. The van der Waals surface area contributed by atoms with Gasteiger partial charge in [0, 0.05) is 5.02 Å². The van der Waals surface area contributed by atoms with Crippen molar-refractivity contribution in [3.05, 3.63) is 47.2 Å². The van der Waals surface area contributed by atoms with Crippen molar-refractivity contribution in [1.82, 2.24) is 20.3 Å². The highest BCUT2D eigenvalue weighted by atomic mass is 35.5. The molecule has 1 N–H and O–H groups in total. The standard InChI is InChI=1S/C15H19ClN4O/c1-11(2)14(10-20-17-7-8-18-20)19-15(21)9-12-5-3-4-6-13(12)16/h3-8,11,14H,9-10H2,1-2H3,(H,19,21). The van der Waals surface area contributed by atoms with Crippen LogP contribution in [0, 0.1) is 5.92 Å². The maximum Gasteiger partial charge on any atom is 0.224 e. The van der Waals surface area contributed by atoms with Gasteiger partial charge in [-0.05, 0) is 17.5 Å². The van der Waals surface area contributed by atoms with Crippen LogP contribution >= 0.6 is 11.6 Å². The number of rotatable bonds is 6. The van der Waals surface area contributed by atoms with Gasteiger partial charge in [0.25, 0.3) is 0 Å². The van der Waals surface area contributed by atoms with E-state index in [4.69, 9.17) is 11.6 Å². The van der Waals surface area contributed by atoms with Crippen LogP contribution in [0.4, 0.5) is 0 Å². The minimum Gasteiger partial charge on any atom is -0.351 e. The Hall–Kier alpha value is -1.88. The van der Waals surface area contributed by atoms with Crippen LogP contribution in [0.25, 0.3) is 0 Å². The summed E-state index contributed by atoms with van der Waals surface area (Å²) in [7, 11) is 0. The van der Waals surface area contributed by atoms with E-state index in [1.54, 1.807) is 23.3 Å². The number of hydrogen-bond acceptors (Lipinski definition) is 3. The van der Waals surface area contributed by atoms with Crippen molar-refractivity contribution >= 4 is 17.5 Å². The summed E-state index contributed by atoms with van der Waals surface area (Å²) in [5.74, 6) is 0.236. The molecule has 21 heavy (non-hydrogen) atoms. The van der Waals surface area contributed by atoms with E-state index in [2.05, 4.69) is 29.4 Å². The quantitative estimate of drug-likeness (QED) is 0.891. The van der Waals surface area contributed by atoms with Crippen molar-refractivity contribution in [2.75, 3.05) is 0 Å². The Morgan fingerprint density at radius 1 is 1.29 bits per heavy atom. The second-order valence-corrected chi connectivity index (χ2v) is 5.68. The molecule has 0 saturated heterocycles. The predicted octanol–water partition coefficient (Wildman–Crippen LogP) is 2.31. The normalized spacial score (nSPS) is 12.4. The summed E-state index contributed by atoms with van der Waals surface area (Å²) in [6.45, 7) is 4.67. The first-order valence-electron chi connectivity index (χ1n) is 6.93. The lowest BCUT2D eigenvalue weighted by Crippen LogP contribution is -2.42. The Labute approximate surface area is 129 Å². The van der Waals surface area contributed by atoms with Crippen LogP contribution in [0.5, 0.6) is 0 Å². The number of halogens is 1. The molecule has 1 aromatic carbocycles. The summed E-state index contributed by atoms with van der Waals surface area (Å²) in [6, 6.07) is 7.36. The second kappa shape index (κ2) is 7.22. The lowest BCUT2D eigenvalue weighted by Gasteiger charge is -2.22. The van der Waals surface area contributed by atoms with E-state index in [1.807, 2.05) is 18.2 Å². The van der Waals surface area contributed by atoms with E-state index >= 15 is 0 Å². The van der Waals surface area contributed by atoms with Crippen LogP contribution < -0.4 is 5.32 Å². The fraction of sp³-hybridized carbons (Fsp3) is 0.400. The van der Waals surface area contributed by atoms with Crippen molar-refractivity contribution in [1.29, 1.82) is 0 Å². The summed E-state index contributed by atoms with van der Waals surface area (Å²) >= 11 is 6.08. The molecule has 112 valence electrons. The van der Waals surface area contributed by atoms with Gasteiger partial charge in [0.05, 0.1) is 31.4 Å². The van der Waals surface area contributed by atoms with Crippen molar-refractivity contribution in [2.24, 2.45) is 5.92 Å². The fourth-order valence-electron chi connectivity index (χ4n) is 2.01. The highest BCUT2D eigenvalue weighted by Gasteiger charge is 2.18. The first kappa shape index (κ1) is 15.5. The Morgan fingerprint density at radius 2 is 1.95 bits per heavy atom. The number of nitrogens with zero attached hydrogens (tertiary/aromatic N) is 3. The van der Waals surface area contributed by atoms with Gasteiger partial charge < -0.3 is 5.32 Å². The van der Waals surface area contributed by atoms with Gasteiger partial charge in [-0.3, -0.25) is 4.79 Å². The molecule has 1 atom stereocenters. The predicted molar refractivity (Wildman–Crippen MR) is 81.9 cm³/mol. The van der Waals surface area contributed by atoms with Crippen molar-refractivity contribution in [3.63, 3.8) is 0 Å². The molecule has 1 aromatic heterocycles. The Morgan fingerprint density at radius 3 is 2.57 bits per heavy atom. The van der Waals surface area contributed by atoms with Crippen LogP contribution in [0.1, 0.15) is 19.4 Å². The highest BCUT2D eigenvalue weighted by Crippen LogP contribution is 2.15.